The molecule has 0 radical (unpaired) electrons. The molecule has 1 saturated heterocycles. The van der Waals surface area contributed by atoms with Gasteiger partial charge in [-0.25, -0.2) is 24.7 Å². The number of aromatic nitrogens is 4. The number of nitrogens with one attached hydrogen (secondary N) is 2. The van der Waals surface area contributed by atoms with E-state index < -0.39 is 0 Å². The number of anilines is 2. The molecule has 3 amide bonds. The Morgan fingerprint density at radius 2 is 1.68 bits per heavy atom. The van der Waals surface area contributed by atoms with Gasteiger partial charge in [0.2, 0.25) is 0 Å². The van der Waals surface area contributed by atoms with Crippen LogP contribution in [0.25, 0.3) is 11.4 Å². The van der Waals surface area contributed by atoms with E-state index in [1.165, 1.54) is 12.4 Å². The Balaban J connectivity index is 1.33. The molecule has 1 fully saturated rings. The highest BCUT2D eigenvalue weighted by atomic mass is 35.5. The maximum atomic E-state index is 13.3. The minimum Gasteiger partial charge on any atom is -0.378 e. The lowest BCUT2D eigenvalue weighted by Gasteiger charge is -2.39. The van der Waals surface area contributed by atoms with E-state index in [2.05, 4.69) is 60.1 Å². The number of ether oxygens (including phenoxy) is 1. The Labute approximate surface area is 263 Å². The number of rotatable bonds is 7. The van der Waals surface area contributed by atoms with Gasteiger partial charge in [0.25, 0.3) is 5.91 Å². The highest BCUT2D eigenvalue weighted by Crippen LogP contribution is 2.40. The number of hydrogen-bond acceptors (Lipinski definition) is 8. The van der Waals surface area contributed by atoms with E-state index in [-0.39, 0.29) is 33.6 Å². The minimum absolute atomic E-state index is 0.0804. The van der Waals surface area contributed by atoms with E-state index in [1.54, 1.807) is 4.90 Å². The number of fused-ring (bicyclic) bond motifs is 1. The number of amides is 3. The van der Waals surface area contributed by atoms with E-state index in [9.17, 15) is 9.59 Å². The molecular formula is C32H41ClN8O3. The summed E-state index contributed by atoms with van der Waals surface area (Å²) in [5.74, 6) is 1.15. The molecule has 0 bridgehead atoms. The quantitative estimate of drug-likeness (QED) is 0.369. The average Bonchev–Trinajstić information content (AvgIpc) is 3.00. The van der Waals surface area contributed by atoms with Crippen molar-refractivity contribution in [3.8, 4) is 11.4 Å². The van der Waals surface area contributed by atoms with Crippen LogP contribution in [-0.2, 0) is 17.7 Å². The molecule has 234 valence electrons. The van der Waals surface area contributed by atoms with Gasteiger partial charge in [-0.15, -0.1) is 0 Å². The number of hydrogen-bond donors (Lipinski definition) is 2. The van der Waals surface area contributed by atoms with Crippen LogP contribution in [0.5, 0.6) is 0 Å². The Morgan fingerprint density at radius 3 is 2.36 bits per heavy atom. The SMILES string of the molecule is CC(C)(C)C(C)(C)CCNC(=O)Nc1ccc(-c2nc3c(c(N4CCOCC4)n2)CCN(C(=O)c2nccnc2Cl)C3)cc1. The average molecular weight is 621 g/mol. The van der Waals surface area contributed by atoms with E-state index in [0.29, 0.717) is 50.8 Å². The van der Waals surface area contributed by atoms with E-state index in [4.69, 9.17) is 26.3 Å². The van der Waals surface area contributed by atoms with Crippen LogP contribution in [0.15, 0.2) is 36.7 Å². The zero-order chi connectivity index (χ0) is 31.5. The number of benzene rings is 1. The van der Waals surface area contributed by atoms with Crippen molar-refractivity contribution < 1.29 is 14.3 Å². The van der Waals surface area contributed by atoms with Crippen LogP contribution in [-0.4, -0.2) is 76.2 Å². The molecule has 2 aromatic heterocycles. The van der Waals surface area contributed by atoms with E-state index >= 15 is 0 Å². The maximum Gasteiger partial charge on any atom is 0.319 e. The van der Waals surface area contributed by atoms with Gasteiger partial charge in [-0.2, -0.15) is 0 Å². The molecule has 12 heteroatoms. The fourth-order valence-corrected chi connectivity index (χ4v) is 5.29. The first kappa shape index (κ1) is 31.6. The third kappa shape index (κ3) is 7.10. The minimum atomic E-state index is -0.280. The molecule has 0 aliphatic carbocycles. The number of carbonyl (C=O) groups is 2. The molecule has 0 atom stereocenters. The highest BCUT2D eigenvalue weighted by molar-refractivity contribution is 6.32. The second kappa shape index (κ2) is 13.0. The molecule has 11 nitrogen and oxygen atoms in total. The molecule has 1 aromatic carbocycles. The Kier molecular flexibility index (Phi) is 9.36. The van der Waals surface area contributed by atoms with Gasteiger partial charge in [0, 0.05) is 55.4 Å². The molecule has 0 spiro atoms. The van der Waals surface area contributed by atoms with E-state index in [0.717, 1.165) is 42.1 Å². The first-order valence-electron chi connectivity index (χ1n) is 15.1. The van der Waals surface area contributed by atoms with Gasteiger partial charge in [0.15, 0.2) is 16.7 Å². The van der Waals surface area contributed by atoms with Crippen molar-refractivity contribution in [3.05, 3.63) is 58.8 Å². The Bertz CT molecular complexity index is 1500. The topological polar surface area (TPSA) is 125 Å². The van der Waals surface area contributed by atoms with Crippen molar-refractivity contribution in [1.82, 2.24) is 30.2 Å². The second-order valence-electron chi connectivity index (χ2n) is 12.9. The smallest absolute Gasteiger partial charge is 0.319 e. The third-order valence-electron chi connectivity index (χ3n) is 8.96. The second-order valence-corrected chi connectivity index (χ2v) is 13.3. The van der Waals surface area contributed by atoms with Crippen LogP contribution < -0.4 is 15.5 Å². The molecule has 0 unspecified atom stereocenters. The van der Waals surface area contributed by atoms with Gasteiger partial charge in [-0.3, -0.25) is 4.79 Å². The zero-order valence-electron chi connectivity index (χ0n) is 26.1. The number of nitrogens with zero attached hydrogens (tertiary/aromatic N) is 6. The summed E-state index contributed by atoms with van der Waals surface area (Å²) in [4.78, 5) is 47.9. The fourth-order valence-electron chi connectivity index (χ4n) is 5.11. The summed E-state index contributed by atoms with van der Waals surface area (Å²) in [6, 6.07) is 7.24. The number of carbonyl (C=O) groups excluding carboxylic acids is 2. The van der Waals surface area contributed by atoms with Crippen molar-refractivity contribution in [2.45, 2.75) is 54.0 Å². The molecule has 2 aliphatic heterocycles. The van der Waals surface area contributed by atoms with Crippen LogP contribution in [0.1, 0.15) is 62.8 Å². The summed E-state index contributed by atoms with van der Waals surface area (Å²) in [6.45, 7) is 15.2. The predicted molar refractivity (Wildman–Crippen MR) is 171 cm³/mol. The van der Waals surface area contributed by atoms with Gasteiger partial charge < -0.3 is 25.2 Å². The predicted octanol–water partition coefficient (Wildman–Crippen LogP) is 5.21. The lowest BCUT2D eigenvalue weighted by molar-refractivity contribution is 0.0725. The number of urea groups is 1. The number of morpholine rings is 1. The lowest BCUT2D eigenvalue weighted by atomic mass is 9.67. The summed E-state index contributed by atoms with van der Waals surface area (Å²) in [5, 5.41) is 5.97. The molecule has 44 heavy (non-hydrogen) atoms. The summed E-state index contributed by atoms with van der Waals surface area (Å²) in [7, 11) is 0. The molecule has 0 saturated carbocycles. The van der Waals surface area contributed by atoms with Crippen molar-refractivity contribution in [2.75, 3.05) is 49.6 Å². The lowest BCUT2D eigenvalue weighted by Crippen LogP contribution is -2.41. The maximum absolute atomic E-state index is 13.3. The molecule has 2 N–H and O–H groups in total. The standard InChI is InChI=1S/C32H41ClN8O3/c1-31(2,3)32(4,5)11-12-36-30(43)37-22-8-6-21(7-9-22)27-38-24-20-41(29(42)25-26(33)35-14-13-34-25)15-10-23(24)28(39-27)40-16-18-44-19-17-40/h6-9,13-14H,10-12,15-20H2,1-5H3,(H2,36,37,43). The van der Waals surface area contributed by atoms with Gasteiger partial charge in [0.05, 0.1) is 25.5 Å². The third-order valence-corrected chi connectivity index (χ3v) is 9.24. The van der Waals surface area contributed by atoms with Crippen LogP contribution in [0.4, 0.5) is 16.3 Å². The summed E-state index contributed by atoms with van der Waals surface area (Å²) >= 11 is 6.18. The van der Waals surface area contributed by atoms with Gasteiger partial charge >= 0.3 is 6.03 Å². The van der Waals surface area contributed by atoms with Crippen LogP contribution in [0.2, 0.25) is 5.15 Å². The van der Waals surface area contributed by atoms with E-state index in [1.807, 2.05) is 24.3 Å². The van der Waals surface area contributed by atoms with Crippen molar-refractivity contribution in [1.29, 1.82) is 0 Å². The van der Waals surface area contributed by atoms with Crippen LogP contribution in [0, 0.1) is 10.8 Å². The Hall–Kier alpha value is -3.83. The van der Waals surface area contributed by atoms with Crippen LogP contribution >= 0.6 is 11.6 Å². The van der Waals surface area contributed by atoms with Gasteiger partial charge in [0.1, 0.15) is 5.82 Å². The largest absolute Gasteiger partial charge is 0.378 e. The van der Waals surface area contributed by atoms with Crippen molar-refractivity contribution in [2.24, 2.45) is 10.8 Å². The molecule has 3 aromatic rings. The molecule has 2 aliphatic rings. The van der Waals surface area contributed by atoms with Crippen LogP contribution in [0.3, 0.4) is 0 Å². The normalized spacial score (nSPS) is 15.5. The van der Waals surface area contributed by atoms with Gasteiger partial charge in [-0.1, -0.05) is 46.2 Å². The first-order valence-corrected chi connectivity index (χ1v) is 15.4. The summed E-state index contributed by atoms with van der Waals surface area (Å²) < 4.78 is 5.59. The summed E-state index contributed by atoms with van der Waals surface area (Å²) in [6.07, 6.45) is 4.40. The zero-order valence-corrected chi connectivity index (χ0v) is 26.9. The van der Waals surface area contributed by atoms with Gasteiger partial charge in [-0.05, 0) is 47.9 Å². The Morgan fingerprint density at radius 1 is 0.977 bits per heavy atom. The molecule has 4 heterocycles. The van der Waals surface area contributed by atoms with Crippen molar-refractivity contribution >= 4 is 35.0 Å². The molecular weight excluding hydrogens is 580 g/mol. The number of halogens is 1. The first-order chi connectivity index (χ1) is 20.9. The molecule has 5 rings (SSSR count). The van der Waals surface area contributed by atoms with Crippen molar-refractivity contribution in [3.63, 3.8) is 0 Å². The fraction of sp³-hybridized carbons (Fsp3) is 0.500. The highest BCUT2D eigenvalue weighted by Gasteiger charge is 2.32. The monoisotopic (exact) mass is 620 g/mol. The summed E-state index contributed by atoms with van der Waals surface area (Å²) in [5.41, 5.74) is 3.66.